The largest absolute Gasteiger partial charge is 0.336 e. The molecule has 3 aliphatic rings. The molecular weight excluding hydrogens is 450 g/mol. The smallest absolute Gasteiger partial charge is 0.243 e. The molecule has 3 fully saturated rings. The van der Waals surface area contributed by atoms with Crippen LogP contribution in [0.25, 0.3) is 0 Å². The van der Waals surface area contributed by atoms with Gasteiger partial charge in [-0.3, -0.25) is 4.79 Å². The number of hydrogen-bond donors (Lipinski definition) is 0. The molecule has 2 aliphatic carbocycles. The van der Waals surface area contributed by atoms with Gasteiger partial charge in [0.2, 0.25) is 26.0 Å². The lowest BCUT2D eigenvalue weighted by Gasteiger charge is -2.34. The van der Waals surface area contributed by atoms with Crippen molar-refractivity contribution < 1.29 is 21.6 Å². The Labute approximate surface area is 191 Å². The van der Waals surface area contributed by atoms with E-state index >= 15 is 0 Å². The highest BCUT2D eigenvalue weighted by atomic mass is 32.2. The van der Waals surface area contributed by atoms with Crippen LogP contribution < -0.4 is 0 Å². The highest BCUT2D eigenvalue weighted by Crippen LogP contribution is 2.39. The lowest BCUT2D eigenvalue weighted by atomic mass is 9.98. The molecule has 1 aromatic carbocycles. The van der Waals surface area contributed by atoms with Crippen LogP contribution in [0.4, 0.5) is 0 Å². The van der Waals surface area contributed by atoms with Gasteiger partial charge in [-0.25, -0.2) is 16.8 Å². The van der Waals surface area contributed by atoms with E-state index in [0.717, 1.165) is 25.7 Å². The fourth-order valence-corrected chi connectivity index (χ4v) is 7.56. The van der Waals surface area contributed by atoms with Gasteiger partial charge < -0.3 is 4.90 Å². The summed E-state index contributed by atoms with van der Waals surface area (Å²) in [5, 5.41) is 0. The van der Waals surface area contributed by atoms with Crippen molar-refractivity contribution in [1.82, 2.24) is 13.5 Å². The van der Waals surface area contributed by atoms with Crippen molar-refractivity contribution >= 4 is 26.0 Å². The monoisotopic (exact) mass is 483 g/mol. The van der Waals surface area contributed by atoms with E-state index in [9.17, 15) is 21.6 Å². The van der Waals surface area contributed by atoms with E-state index in [2.05, 4.69) is 0 Å². The molecule has 1 aliphatic heterocycles. The Morgan fingerprint density at radius 2 is 1.44 bits per heavy atom. The zero-order chi connectivity index (χ0) is 23.1. The molecule has 1 heterocycles. The van der Waals surface area contributed by atoms with Crippen molar-refractivity contribution in [3.05, 3.63) is 24.3 Å². The van der Waals surface area contributed by atoms with Crippen molar-refractivity contribution in [1.29, 1.82) is 0 Å². The summed E-state index contributed by atoms with van der Waals surface area (Å²) in [5.74, 6) is -0.197. The highest BCUT2D eigenvalue weighted by Gasteiger charge is 2.45. The van der Waals surface area contributed by atoms with Crippen molar-refractivity contribution in [3.8, 4) is 0 Å². The molecule has 2 saturated carbocycles. The van der Waals surface area contributed by atoms with Crippen LogP contribution in [0.3, 0.4) is 0 Å². The summed E-state index contributed by atoms with van der Waals surface area (Å²) in [6, 6.07) is 6.13. The number of carbonyl (C=O) groups is 1. The Morgan fingerprint density at radius 1 is 0.906 bits per heavy atom. The second-order valence-corrected chi connectivity index (χ2v) is 12.8. The maximum Gasteiger partial charge on any atom is 0.243 e. The molecule has 0 bridgehead atoms. The van der Waals surface area contributed by atoms with Crippen LogP contribution in [-0.2, 0) is 24.8 Å². The summed E-state index contributed by atoms with van der Waals surface area (Å²) in [5.41, 5.74) is 0. The van der Waals surface area contributed by atoms with E-state index in [1.54, 1.807) is 13.8 Å². The van der Waals surface area contributed by atoms with E-state index in [4.69, 9.17) is 0 Å². The predicted molar refractivity (Wildman–Crippen MR) is 121 cm³/mol. The molecule has 1 aromatic rings. The topological polar surface area (TPSA) is 95.1 Å². The van der Waals surface area contributed by atoms with Gasteiger partial charge in [-0.1, -0.05) is 13.8 Å². The minimum Gasteiger partial charge on any atom is -0.336 e. The molecule has 1 saturated heterocycles. The van der Waals surface area contributed by atoms with E-state index in [1.165, 1.54) is 32.9 Å². The SMILES string of the molecule is CCN(CC)S(=O)(=O)c1ccc(S(=O)(=O)N2CCC[C@@H](C(=O)N(C3CC3)C3CC3)C2)cc1. The zero-order valence-corrected chi connectivity index (χ0v) is 20.4. The minimum atomic E-state index is -3.80. The van der Waals surface area contributed by atoms with Gasteiger partial charge >= 0.3 is 0 Å². The third kappa shape index (κ3) is 4.60. The molecule has 10 heteroatoms. The fourth-order valence-electron chi connectivity index (χ4n) is 4.58. The molecule has 8 nitrogen and oxygen atoms in total. The van der Waals surface area contributed by atoms with Gasteiger partial charge in [0.25, 0.3) is 0 Å². The number of hydrogen-bond acceptors (Lipinski definition) is 5. The molecule has 32 heavy (non-hydrogen) atoms. The summed E-state index contributed by atoms with van der Waals surface area (Å²) >= 11 is 0. The highest BCUT2D eigenvalue weighted by molar-refractivity contribution is 7.89. The third-order valence-corrected chi connectivity index (χ3v) is 10.6. The standard InChI is InChI=1S/C22H33N3O5S2/c1-3-23(4-2)31(27,28)20-11-13-21(14-12-20)32(29,30)24-15-5-6-17(16-24)22(26)25(18-7-8-18)19-9-10-19/h11-14,17-19H,3-10,15-16H2,1-2H3/t17-/m1/s1. The molecule has 0 N–H and O–H groups in total. The van der Waals surface area contributed by atoms with E-state index < -0.39 is 20.0 Å². The van der Waals surface area contributed by atoms with Gasteiger partial charge in [-0.2, -0.15) is 8.61 Å². The van der Waals surface area contributed by atoms with Crippen LogP contribution in [0.1, 0.15) is 52.4 Å². The second-order valence-electron chi connectivity index (χ2n) is 8.97. The lowest BCUT2D eigenvalue weighted by molar-refractivity contribution is -0.137. The van der Waals surface area contributed by atoms with E-state index in [-0.39, 0.29) is 28.2 Å². The molecule has 0 unspecified atom stereocenters. The average Bonchev–Trinajstić information content (AvgIpc) is 3.70. The first-order valence-corrected chi connectivity index (χ1v) is 14.5. The Hall–Kier alpha value is -1.49. The molecule has 1 amide bonds. The van der Waals surface area contributed by atoms with Gasteiger partial charge in [0.15, 0.2) is 0 Å². The molecular formula is C22H33N3O5S2. The number of nitrogens with zero attached hydrogens (tertiary/aromatic N) is 3. The number of benzene rings is 1. The first kappa shape index (κ1) is 23.7. The summed E-state index contributed by atoms with van der Waals surface area (Å²) < 4.78 is 54.6. The summed E-state index contributed by atoms with van der Waals surface area (Å²) in [7, 11) is -7.45. The maximum absolute atomic E-state index is 13.3. The van der Waals surface area contributed by atoms with Crippen LogP contribution >= 0.6 is 0 Å². The number of amides is 1. The quantitative estimate of drug-likeness (QED) is 0.537. The van der Waals surface area contributed by atoms with Gasteiger partial charge in [0.1, 0.15) is 0 Å². The molecule has 4 rings (SSSR count). The number of sulfonamides is 2. The fraction of sp³-hybridized carbons (Fsp3) is 0.682. The van der Waals surface area contributed by atoms with E-state index in [1.807, 2.05) is 4.90 Å². The first-order valence-electron chi connectivity index (χ1n) is 11.6. The molecule has 0 aromatic heterocycles. The van der Waals surface area contributed by atoms with Crippen molar-refractivity contribution in [2.75, 3.05) is 26.2 Å². The Balaban J connectivity index is 1.49. The third-order valence-electron chi connectivity index (χ3n) is 6.67. The van der Waals surface area contributed by atoms with Crippen LogP contribution in [-0.4, -0.2) is 74.5 Å². The summed E-state index contributed by atoms with van der Waals surface area (Å²) in [6.45, 7) is 4.79. The predicted octanol–water partition coefficient (Wildman–Crippen LogP) is 2.27. The normalized spacial score (nSPS) is 22.8. The number of rotatable bonds is 9. The lowest BCUT2D eigenvalue weighted by Crippen LogP contribution is -2.48. The Bertz CT molecular complexity index is 1030. The van der Waals surface area contributed by atoms with Gasteiger partial charge in [-0.15, -0.1) is 0 Å². The van der Waals surface area contributed by atoms with Gasteiger partial charge in [0, 0.05) is 38.3 Å². The summed E-state index contributed by atoms with van der Waals surface area (Å²) in [4.78, 5) is 15.4. The van der Waals surface area contributed by atoms with Crippen LogP contribution in [0.15, 0.2) is 34.1 Å². The van der Waals surface area contributed by atoms with E-state index in [0.29, 0.717) is 44.6 Å². The summed E-state index contributed by atoms with van der Waals surface area (Å²) in [6.07, 6.45) is 5.58. The number of piperidine rings is 1. The van der Waals surface area contributed by atoms with Crippen LogP contribution in [0.2, 0.25) is 0 Å². The Kier molecular flexibility index (Phi) is 6.68. The second kappa shape index (κ2) is 9.04. The minimum absolute atomic E-state index is 0.0605. The Morgan fingerprint density at radius 3 is 1.94 bits per heavy atom. The molecule has 0 spiro atoms. The van der Waals surface area contributed by atoms with Crippen molar-refractivity contribution in [2.45, 2.75) is 74.2 Å². The zero-order valence-electron chi connectivity index (χ0n) is 18.8. The van der Waals surface area contributed by atoms with Gasteiger partial charge in [-0.05, 0) is 62.8 Å². The molecule has 0 radical (unpaired) electrons. The molecule has 178 valence electrons. The maximum atomic E-state index is 13.3. The number of carbonyl (C=O) groups excluding carboxylic acids is 1. The average molecular weight is 484 g/mol. The van der Waals surface area contributed by atoms with Gasteiger partial charge in [0.05, 0.1) is 15.7 Å². The van der Waals surface area contributed by atoms with Crippen molar-refractivity contribution in [3.63, 3.8) is 0 Å². The van der Waals surface area contributed by atoms with Crippen molar-refractivity contribution in [2.24, 2.45) is 5.92 Å². The first-order chi connectivity index (χ1) is 15.2. The van der Waals surface area contributed by atoms with Crippen LogP contribution in [0, 0.1) is 5.92 Å². The molecule has 1 atom stereocenters. The van der Waals surface area contributed by atoms with Crippen LogP contribution in [0.5, 0.6) is 0 Å².